The van der Waals surface area contributed by atoms with Gasteiger partial charge >= 0.3 is 0 Å². The minimum atomic E-state index is -3.50. The van der Waals surface area contributed by atoms with Crippen LogP contribution >= 0.6 is 0 Å². The summed E-state index contributed by atoms with van der Waals surface area (Å²) in [6.45, 7) is 1.39. The number of piperidine rings is 1. The number of carbonyl (C=O) groups excluding carboxylic acids is 1. The number of hydrogen-bond acceptors (Lipinski definition) is 6. The highest BCUT2D eigenvalue weighted by molar-refractivity contribution is 7.89. The van der Waals surface area contributed by atoms with Crippen molar-refractivity contribution in [2.24, 2.45) is 11.8 Å². The molecule has 182 valence electrons. The first-order valence-electron chi connectivity index (χ1n) is 11.3. The van der Waals surface area contributed by atoms with E-state index in [-0.39, 0.29) is 28.6 Å². The number of pyridine rings is 2. The van der Waals surface area contributed by atoms with Crippen LogP contribution in [0, 0.1) is 23.5 Å². The molecule has 35 heavy (non-hydrogen) atoms. The molecule has 12 heteroatoms. The average molecular weight is 501 g/mol. The molecule has 2 fully saturated rings. The molecule has 2 aliphatic rings. The van der Waals surface area contributed by atoms with E-state index in [1.165, 1.54) is 21.5 Å². The molecule has 6 rings (SSSR count). The van der Waals surface area contributed by atoms with Gasteiger partial charge in [-0.05, 0) is 37.2 Å². The van der Waals surface area contributed by atoms with E-state index < -0.39 is 27.3 Å². The molecule has 0 aromatic carbocycles. The molecular formula is C23H22F2N6O3S. The maximum Gasteiger partial charge on any atom is 0.272 e. The molecule has 1 saturated carbocycles. The van der Waals surface area contributed by atoms with Crippen LogP contribution < -0.4 is 0 Å². The van der Waals surface area contributed by atoms with Gasteiger partial charge in [0.1, 0.15) is 23.1 Å². The van der Waals surface area contributed by atoms with E-state index >= 15 is 0 Å². The van der Waals surface area contributed by atoms with Gasteiger partial charge in [0.25, 0.3) is 5.91 Å². The zero-order valence-electron chi connectivity index (χ0n) is 18.9. The van der Waals surface area contributed by atoms with Crippen LogP contribution in [0.15, 0.2) is 30.7 Å². The monoisotopic (exact) mass is 500 g/mol. The Balaban J connectivity index is 1.48. The summed E-state index contributed by atoms with van der Waals surface area (Å²) >= 11 is 0. The van der Waals surface area contributed by atoms with Gasteiger partial charge in [-0.3, -0.25) is 14.2 Å². The molecule has 2 unspecified atom stereocenters. The maximum atomic E-state index is 14.2. The smallest absolute Gasteiger partial charge is 0.272 e. The van der Waals surface area contributed by atoms with Gasteiger partial charge in [-0.25, -0.2) is 26.9 Å². The van der Waals surface area contributed by atoms with Gasteiger partial charge in [0.05, 0.1) is 17.4 Å². The molecule has 9 nitrogen and oxygen atoms in total. The average Bonchev–Trinajstić information content (AvgIpc) is 3.47. The number of imidazole rings is 1. The Bertz CT molecular complexity index is 1600. The van der Waals surface area contributed by atoms with E-state index in [9.17, 15) is 22.0 Å². The number of carbonyl (C=O) groups is 1. The second kappa shape index (κ2) is 7.80. The van der Waals surface area contributed by atoms with Gasteiger partial charge in [-0.1, -0.05) is 0 Å². The van der Waals surface area contributed by atoms with Crippen molar-refractivity contribution in [1.29, 1.82) is 0 Å². The number of hydrogen-bond donors (Lipinski definition) is 0. The third-order valence-corrected chi connectivity index (χ3v) is 7.59. The van der Waals surface area contributed by atoms with Crippen molar-refractivity contribution >= 4 is 32.3 Å². The summed E-state index contributed by atoms with van der Waals surface area (Å²) in [5.41, 5.74) is 1.02. The lowest BCUT2D eigenvalue weighted by Crippen LogP contribution is -2.41. The van der Waals surface area contributed by atoms with Crippen molar-refractivity contribution in [2.75, 3.05) is 19.3 Å². The van der Waals surface area contributed by atoms with E-state index in [2.05, 4.69) is 15.1 Å². The lowest BCUT2D eigenvalue weighted by Gasteiger charge is -2.31. The van der Waals surface area contributed by atoms with Crippen LogP contribution in [0.5, 0.6) is 0 Å². The van der Waals surface area contributed by atoms with E-state index in [0.717, 1.165) is 37.8 Å². The predicted molar refractivity (Wildman–Crippen MR) is 123 cm³/mol. The van der Waals surface area contributed by atoms with Crippen LogP contribution in [-0.2, 0) is 15.7 Å². The second-order valence-electron chi connectivity index (χ2n) is 9.59. The van der Waals surface area contributed by atoms with Gasteiger partial charge in [-0.15, -0.1) is 0 Å². The standard InChI is InChI=1S/C23H22F2N6O3S/c1-35(33,34)12-31-19-6-18(23(32)29-9-13-2-3-14(4-13)10-29)26-7-16(19)21(28-31)20-8-27-22-17(25)5-15(24)11-30(20)22/h5-8,11,13-14H,2-4,9-10,12H2,1H3. The molecule has 1 amide bonds. The number of fused-ring (bicyclic) bond motifs is 4. The second-order valence-corrected chi connectivity index (χ2v) is 11.7. The summed E-state index contributed by atoms with van der Waals surface area (Å²) in [5, 5.41) is 4.88. The number of aromatic nitrogens is 5. The third kappa shape index (κ3) is 3.85. The van der Waals surface area contributed by atoms with Crippen molar-refractivity contribution in [3.8, 4) is 11.4 Å². The van der Waals surface area contributed by atoms with Gasteiger partial charge in [0.2, 0.25) is 0 Å². The fraction of sp³-hybridized carbons (Fsp3) is 0.391. The largest absolute Gasteiger partial charge is 0.337 e. The zero-order valence-corrected chi connectivity index (χ0v) is 19.7. The van der Waals surface area contributed by atoms with E-state index in [1.807, 2.05) is 4.90 Å². The maximum absolute atomic E-state index is 14.2. The summed E-state index contributed by atoms with van der Waals surface area (Å²) in [6.07, 6.45) is 8.37. The predicted octanol–water partition coefficient (Wildman–Crippen LogP) is 2.90. The Hall–Kier alpha value is -3.41. The molecule has 4 aromatic rings. The van der Waals surface area contributed by atoms with Crippen LogP contribution in [0.25, 0.3) is 27.9 Å². The lowest BCUT2D eigenvalue weighted by atomic mass is 9.98. The Morgan fingerprint density at radius 3 is 2.57 bits per heavy atom. The molecule has 5 heterocycles. The molecule has 1 aliphatic heterocycles. The fourth-order valence-electron chi connectivity index (χ4n) is 5.42. The molecular weight excluding hydrogens is 478 g/mol. The first kappa shape index (κ1) is 22.1. The number of likely N-dealkylation sites (tertiary alicyclic amines) is 1. The van der Waals surface area contributed by atoms with Crippen molar-refractivity contribution in [3.05, 3.63) is 48.1 Å². The number of rotatable bonds is 4. The molecule has 4 aromatic heterocycles. The SMILES string of the molecule is CS(=O)(=O)Cn1nc(-c2cnc3c(F)cc(F)cn23)c2cnc(C(=O)N3CC4CCC(C4)C3)cc21. The Morgan fingerprint density at radius 2 is 1.86 bits per heavy atom. The van der Waals surface area contributed by atoms with Crippen LogP contribution in [0.2, 0.25) is 0 Å². The normalized spacial score (nSPS) is 20.3. The van der Waals surface area contributed by atoms with Crippen LogP contribution in [-0.4, -0.2) is 62.7 Å². The van der Waals surface area contributed by atoms with Crippen LogP contribution in [0.4, 0.5) is 8.78 Å². The van der Waals surface area contributed by atoms with Crippen molar-refractivity contribution < 1.29 is 22.0 Å². The minimum Gasteiger partial charge on any atom is -0.337 e. The first-order chi connectivity index (χ1) is 16.7. The summed E-state index contributed by atoms with van der Waals surface area (Å²) in [4.78, 5) is 23.5. The fourth-order valence-corrected chi connectivity index (χ4v) is 6.06. The highest BCUT2D eigenvalue weighted by Gasteiger charge is 2.35. The van der Waals surface area contributed by atoms with Crippen molar-refractivity contribution in [2.45, 2.75) is 25.1 Å². The number of amides is 1. The lowest BCUT2D eigenvalue weighted by molar-refractivity contribution is 0.0656. The molecule has 2 atom stereocenters. The summed E-state index contributed by atoms with van der Waals surface area (Å²) in [5.74, 6) is -1.24. The van der Waals surface area contributed by atoms with E-state index in [1.54, 1.807) is 6.07 Å². The van der Waals surface area contributed by atoms with Gasteiger partial charge in [0, 0.05) is 43.2 Å². The van der Waals surface area contributed by atoms with E-state index in [0.29, 0.717) is 35.8 Å². The van der Waals surface area contributed by atoms with Crippen molar-refractivity contribution in [1.82, 2.24) is 29.0 Å². The molecule has 2 bridgehead atoms. The zero-order chi connectivity index (χ0) is 24.5. The highest BCUT2D eigenvalue weighted by atomic mass is 32.2. The quantitative estimate of drug-likeness (QED) is 0.427. The van der Waals surface area contributed by atoms with Gasteiger partial charge in [0.15, 0.2) is 21.3 Å². The van der Waals surface area contributed by atoms with Gasteiger partial charge in [-0.2, -0.15) is 5.10 Å². The summed E-state index contributed by atoms with van der Waals surface area (Å²) in [6, 6.07) is 2.28. The summed E-state index contributed by atoms with van der Waals surface area (Å²) in [7, 11) is -3.50. The molecule has 0 radical (unpaired) electrons. The van der Waals surface area contributed by atoms with Crippen LogP contribution in [0.3, 0.4) is 0 Å². The topological polar surface area (TPSA) is 102 Å². The number of sulfone groups is 1. The molecule has 1 aliphatic carbocycles. The molecule has 0 N–H and O–H groups in total. The Morgan fingerprint density at radius 1 is 1.11 bits per heavy atom. The minimum absolute atomic E-state index is 0.0910. The summed E-state index contributed by atoms with van der Waals surface area (Å²) < 4.78 is 54.9. The van der Waals surface area contributed by atoms with Crippen molar-refractivity contribution in [3.63, 3.8) is 0 Å². The first-order valence-corrected chi connectivity index (χ1v) is 13.4. The number of nitrogens with zero attached hydrogens (tertiary/aromatic N) is 6. The van der Waals surface area contributed by atoms with Gasteiger partial charge < -0.3 is 4.90 Å². The number of halogens is 2. The Labute approximate surface area is 199 Å². The van der Waals surface area contributed by atoms with E-state index in [4.69, 9.17) is 0 Å². The molecule has 1 saturated heterocycles. The Kier molecular flexibility index (Phi) is 4.92. The molecule has 0 spiro atoms. The highest BCUT2D eigenvalue weighted by Crippen LogP contribution is 2.37. The van der Waals surface area contributed by atoms with Crippen LogP contribution in [0.1, 0.15) is 29.8 Å². The third-order valence-electron chi connectivity index (χ3n) is 6.88.